The van der Waals surface area contributed by atoms with Crippen LogP contribution in [0.15, 0.2) is 106 Å². The molecule has 0 saturated heterocycles. The van der Waals surface area contributed by atoms with Gasteiger partial charge in [-0.15, -0.1) is 0 Å². The van der Waals surface area contributed by atoms with Crippen LogP contribution in [0.4, 0.5) is 11.4 Å². The molecule has 36 heavy (non-hydrogen) atoms. The van der Waals surface area contributed by atoms with Gasteiger partial charge in [-0.05, 0) is 72.1 Å². The van der Waals surface area contributed by atoms with E-state index in [9.17, 15) is 4.79 Å². The van der Waals surface area contributed by atoms with Crippen LogP contribution in [0.3, 0.4) is 0 Å². The minimum atomic E-state index is -0.342. The summed E-state index contributed by atoms with van der Waals surface area (Å²) in [5, 5.41) is 16.6. The van der Waals surface area contributed by atoms with Gasteiger partial charge in [-0.3, -0.25) is 4.79 Å². The summed E-state index contributed by atoms with van der Waals surface area (Å²) in [6.07, 6.45) is 0. The quantitative estimate of drug-likeness (QED) is 0.214. The van der Waals surface area contributed by atoms with Crippen LogP contribution in [0.25, 0.3) is 11.1 Å². The Labute approximate surface area is 213 Å². The highest BCUT2D eigenvalue weighted by atomic mass is 32.2. The first kappa shape index (κ1) is 23.2. The summed E-state index contributed by atoms with van der Waals surface area (Å²) in [4.78, 5) is 14.6. The van der Waals surface area contributed by atoms with Gasteiger partial charge in [0.2, 0.25) is 0 Å². The van der Waals surface area contributed by atoms with Crippen molar-refractivity contribution in [2.45, 2.75) is 16.7 Å². The lowest BCUT2D eigenvalue weighted by atomic mass is 10.0. The molecule has 0 aromatic heterocycles. The van der Waals surface area contributed by atoms with E-state index in [0.717, 1.165) is 33.0 Å². The van der Waals surface area contributed by atoms with Gasteiger partial charge in [-0.1, -0.05) is 54.2 Å². The molecule has 4 aromatic carbocycles. The van der Waals surface area contributed by atoms with Gasteiger partial charge in [0.25, 0.3) is 5.91 Å². The zero-order valence-corrected chi connectivity index (χ0v) is 20.3. The molecule has 0 atom stereocenters. The molecule has 7 heteroatoms. The zero-order valence-electron chi connectivity index (χ0n) is 19.5. The summed E-state index contributed by atoms with van der Waals surface area (Å²) >= 11 is 1.73. The Morgan fingerprint density at radius 2 is 1.64 bits per heavy atom. The summed E-state index contributed by atoms with van der Waals surface area (Å²) in [7, 11) is 0. The fourth-order valence-electron chi connectivity index (χ4n) is 3.74. The van der Waals surface area contributed by atoms with Gasteiger partial charge in [0.1, 0.15) is 5.75 Å². The van der Waals surface area contributed by atoms with Gasteiger partial charge in [0.05, 0.1) is 28.7 Å². The third kappa shape index (κ3) is 5.24. The molecular weight excluding hydrogens is 468 g/mol. The van der Waals surface area contributed by atoms with Gasteiger partial charge in [-0.2, -0.15) is 10.4 Å². The van der Waals surface area contributed by atoms with E-state index in [0.29, 0.717) is 17.0 Å². The molecule has 1 aliphatic rings. The molecule has 0 unspecified atom stereocenters. The smallest absolute Gasteiger partial charge is 0.277 e. The lowest BCUT2D eigenvalue weighted by Gasteiger charge is -2.21. The zero-order chi connectivity index (χ0) is 24.9. The molecule has 1 amide bonds. The van der Waals surface area contributed by atoms with Gasteiger partial charge < -0.3 is 10.1 Å². The Hall–Kier alpha value is -4.54. The molecule has 1 aliphatic heterocycles. The minimum absolute atomic E-state index is 0.147. The van der Waals surface area contributed by atoms with Crippen molar-refractivity contribution in [3.63, 3.8) is 0 Å². The third-order valence-corrected chi connectivity index (χ3v) is 6.85. The maximum Gasteiger partial charge on any atom is 0.277 e. The Balaban J connectivity index is 1.16. The van der Waals surface area contributed by atoms with Crippen molar-refractivity contribution in [1.29, 1.82) is 5.26 Å². The first-order valence-electron chi connectivity index (χ1n) is 11.3. The van der Waals surface area contributed by atoms with Crippen LogP contribution in [0.1, 0.15) is 18.1 Å². The van der Waals surface area contributed by atoms with Crippen LogP contribution in [-0.2, 0) is 4.79 Å². The average Bonchev–Trinajstić information content (AvgIpc) is 2.93. The largest absolute Gasteiger partial charge is 0.484 e. The Kier molecular flexibility index (Phi) is 6.69. The standard InChI is InChI=1S/C29H22N4O2S/c1-19(23-12-15-28-26(16-23)31-25-4-2-3-5-27(25)36-28)32-33-29(34)18-35-24-13-10-22(11-14-24)21-8-6-20(17-30)7-9-21/h2-16,31H,18H2,1H3,(H,33,34)/b32-19-. The number of ether oxygens (including phenoxy) is 1. The molecule has 0 bridgehead atoms. The molecule has 0 saturated carbocycles. The van der Waals surface area contributed by atoms with E-state index in [4.69, 9.17) is 10.00 Å². The van der Waals surface area contributed by atoms with E-state index < -0.39 is 0 Å². The van der Waals surface area contributed by atoms with Crippen LogP contribution in [0.5, 0.6) is 5.75 Å². The molecule has 6 nitrogen and oxygen atoms in total. The number of hydrogen-bond donors (Lipinski definition) is 2. The second kappa shape index (κ2) is 10.4. The van der Waals surface area contributed by atoms with Crippen LogP contribution < -0.4 is 15.5 Å². The number of nitriles is 1. The lowest BCUT2D eigenvalue weighted by Crippen LogP contribution is -2.25. The first-order valence-corrected chi connectivity index (χ1v) is 12.2. The number of para-hydroxylation sites is 1. The molecule has 0 aliphatic carbocycles. The molecule has 0 spiro atoms. The maximum atomic E-state index is 12.3. The number of nitrogens with one attached hydrogen (secondary N) is 2. The van der Waals surface area contributed by atoms with Gasteiger partial charge in [0.15, 0.2) is 6.61 Å². The van der Waals surface area contributed by atoms with E-state index in [1.54, 1.807) is 23.9 Å². The van der Waals surface area contributed by atoms with Crippen LogP contribution >= 0.6 is 11.8 Å². The Bertz CT molecular complexity index is 1490. The second-order valence-corrected chi connectivity index (χ2v) is 9.25. The van der Waals surface area contributed by atoms with Crippen molar-refractivity contribution in [3.05, 3.63) is 102 Å². The van der Waals surface area contributed by atoms with Crippen molar-refractivity contribution < 1.29 is 9.53 Å². The van der Waals surface area contributed by atoms with Crippen LogP contribution in [-0.4, -0.2) is 18.2 Å². The number of anilines is 2. The van der Waals surface area contributed by atoms with Crippen molar-refractivity contribution in [3.8, 4) is 22.9 Å². The molecular formula is C29H22N4O2S. The molecule has 0 fully saturated rings. The molecule has 4 aromatic rings. The summed E-state index contributed by atoms with van der Waals surface area (Å²) in [6.45, 7) is 1.71. The van der Waals surface area contributed by atoms with Gasteiger partial charge in [-0.25, -0.2) is 5.43 Å². The monoisotopic (exact) mass is 490 g/mol. The van der Waals surface area contributed by atoms with Crippen molar-refractivity contribution in [2.24, 2.45) is 5.10 Å². The minimum Gasteiger partial charge on any atom is -0.484 e. The molecule has 2 N–H and O–H groups in total. The number of rotatable bonds is 6. The van der Waals surface area contributed by atoms with E-state index in [-0.39, 0.29) is 12.5 Å². The van der Waals surface area contributed by atoms with E-state index >= 15 is 0 Å². The topological polar surface area (TPSA) is 86.5 Å². The third-order valence-electron chi connectivity index (χ3n) is 5.69. The Morgan fingerprint density at radius 1 is 0.944 bits per heavy atom. The fourth-order valence-corrected chi connectivity index (χ4v) is 4.71. The van der Waals surface area contributed by atoms with Gasteiger partial charge in [0, 0.05) is 9.79 Å². The Morgan fingerprint density at radius 3 is 2.39 bits per heavy atom. The summed E-state index contributed by atoms with van der Waals surface area (Å²) < 4.78 is 5.60. The normalized spacial score (nSPS) is 11.9. The summed E-state index contributed by atoms with van der Waals surface area (Å²) in [5.74, 6) is 0.243. The highest BCUT2D eigenvalue weighted by molar-refractivity contribution is 7.99. The number of benzene rings is 4. The average molecular weight is 491 g/mol. The maximum absolute atomic E-state index is 12.3. The van der Waals surface area contributed by atoms with Crippen molar-refractivity contribution >= 4 is 34.8 Å². The number of amides is 1. The lowest BCUT2D eigenvalue weighted by molar-refractivity contribution is -0.123. The number of hydrazone groups is 1. The molecule has 0 radical (unpaired) electrons. The highest BCUT2D eigenvalue weighted by Crippen LogP contribution is 2.44. The number of carbonyl (C=O) groups excluding carboxylic acids is 1. The number of carbonyl (C=O) groups is 1. The predicted molar refractivity (Wildman–Crippen MR) is 143 cm³/mol. The van der Waals surface area contributed by atoms with E-state index in [1.165, 1.54) is 4.90 Å². The number of hydrogen-bond acceptors (Lipinski definition) is 6. The molecule has 176 valence electrons. The summed E-state index contributed by atoms with van der Waals surface area (Å²) in [5.41, 5.74) is 8.90. The first-order chi connectivity index (χ1) is 17.6. The van der Waals surface area contributed by atoms with Crippen molar-refractivity contribution in [2.75, 3.05) is 11.9 Å². The predicted octanol–water partition coefficient (Wildman–Crippen LogP) is 6.35. The molecule has 5 rings (SSSR count). The summed E-state index contributed by atoms with van der Waals surface area (Å²) in [6, 6.07) is 31.2. The van der Waals surface area contributed by atoms with Crippen molar-refractivity contribution in [1.82, 2.24) is 5.43 Å². The fraction of sp³-hybridized carbons (Fsp3) is 0.0690. The van der Waals surface area contributed by atoms with Gasteiger partial charge >= 0.3 is 0 Å². The van der Waals surface area contributed by atoms with E-state index in [2.05, 4.69) is 40.1 Å². The number of fused-ring (bicyclic) bond motifs is 2. The SMILES string of the molecule is C/C(=N/NC(=O)COc1ccc(-c2ccc(C#N)cc2)cc1)c1ccc2c(c1)Nc1ccccc1S2. The molecule has 1 heterocycles. The van der Waals surface area contributed by atoms with Crippen LogP contribution in [0, 0.1) is 11.3 Å². The number of nitrogens with zero attached hydrogens (tertiary/aromatic N) is 2. The highest BCUT2D eigenvalue weighted by Gasteiger charge is 2.16. The second-order valence-electron chi connectivity index (χ2n) is 8.17. The van der Waals surface area contributed by atoms with E-state index in [1.807, 2.05) is 67.6 Å². The van der Waals surface area contributed by atoms with Crippen LogP contribution in [0.2, 0.25) is 0 Å².